The summed E-state index contributed by atoms with van der Waals surface area (Å²) in [4.78, 5) is 16.3. The Hall–Kier alpha value is -1.43. The van der Waals surface area contributed by atoms with Crippen molar-refractivity contribution < 1.29 is 9.90 Å². The number of β-amino-alcohol motifs (C(OH)–C–C–N with tert-alkyl or cyclic N) is 1. The average Bonchev–Trinajstić information content (AvgIpc) is 2.49. The van der Waals surface area contributed by atoms with E-state index in [2.05, 4.69) is 15.1 Å². The molecule has 20 heavy (non-hydrogen) atoms. The molecule has 1 heterocycles. The van der Waals surface area contributed by atoms with Crippen LogP contribution in [-0.4, -0.2) is 68.7 Å². The van der Waals surface area contributed by atoms with E-state index in [1.54, 1.807) is 7.05 Å². The number of Topliss-reactive ketones (excluding diaryl/α,β-unsaturated/α-hetero) is 1. The first kappa shape index (κ1) is 15.0. The second kappa shape index (κ2) is 7.38. The number of rotatable bonds is 6. The predicted molar refractivity (Wildman–Crippen MR) is 80.4 cm³/mol. The number of nitrogens with one attached hydrogen (secondary N) is 1. The Morgan fingerprint density at radius 3 is 2.40 bits per heavy atom. The molecule has 0 radical (unpaired) electrons. The van der Waals surface area contributed by atoms with Crippen LogP contribution in [0.5, 0.6) is 0 Å². The van der Waals surface area contributed by atoms with Gasteiger partial charge in [-0.05, 0) is 31.3 Å². The van der Waals surface area contributed by atoms with Crippen LogP contribution in [-0.2, 0) is 0 Å². The second-order valence-electron chi connectivity index (χ2n) is 5.05. The summed E-state index contributed by atoms with van der Waals surface area (Å²) in [6, 6.07) is 7.83. The highest BCUT2D eigenvalue weighted by Crippen LogP contribution is 2.17. The van der Waals surface area contributed by atoms with Crippen LogP contribution >= 0.6 is 0 Å². The molecule has 0 saturated carbocycles. The molecular weight excluding hydrogens is 254 g/mol. The summed E-state index contributed by atoms with van der Waals surface area (Å²) in [5.74, 6) is 0.117. The Bertz CT molecular complexity index is 425. The van der Waals surface area contributed by atoms with Gasteiger partial charge in [-0.25, -0.2) is 0 Å². The lowest BCUT2D eigenvalue weighted by molar-refractivity contribution is 0.0993. The molecule has 0 aromatic heterocycles. The molecule has 0 bridgehead atoms. The summed E-state index contributed by atoms with van der Waals surface area (Å²) < 4.78 is 0. The molecule has 2 rings (SSSR count). The lowest BCUT2D eigenvalue weighted by atomic mass is 10.1. The first-order chi connectivity index (χ1) is 9.74. The number of aliphatic hydroxyl groups is 1. The Morgan fingerprint density at radius 1 is 1.20 bits per heavy atom. The lowest BCUT2D eigenvalue weighted by Crippen LogP contribution is -2.47. The van der Waals surface area contributed by atoms with E-state index < -0.39 is 0 Å². The van der Waals surface area contributed by atoms with E-state index in [4.69, 9.17) is 5.11 Å². The van der Waals surface area contributed by atoms with E-state index in [0.29, 0.717) is 6.54 Å². The number of hydrogen-bond donors (Lipinski definition) is 2. The highest BCUT2D eigenvalue weighted by atomic mass is 16.3. The minimum absolute atomic E-state index is 0.117. The normalized spacial score (nSPS) is 16.4. The number of carbonyl (C=O) groups is 1. The lowest BCUT2D eigenvalue weighted by Gasteiger charge is -2.35. The Morgan fingerprint density at radius 2 is 1.85 bits per heavy atom. The fourth-order valence-electron chi connectivity index (χ4n) is 2.49. The van der Waals surface area contributed by atoms with Gasteiger partial charge in [0.25, 0.3) is 0 Å². The zero-order chi connectivity index (χ0) is 14.4. The third-order valence-electron chi connectivity index (χ3n) is 3.68. The van der Waals surface area contributed by atoms with Crippen LogP contribution in [0, 0.1) is 0 Å². The Labute approximate surface area is 120 Å². The number of ketones is 1. The molecule has 0 atom stereocenters. The first-order valence-corrected chi connectivity index (χ1v) is 7.10. The van der Waals surface area contributed by atoms with E-state index in [1.165, 1.54) is 0 Å². The number of likely N-dealkylation sites (N-methyl/N-ethyl adjacent to an activating group) is 1. The second-order valence-corrected chi connectivity index (χ2v) is 5.05. The van der Waals surface area contributed by atoms with Gasteiger partial charge in [-0.3, -0.25) is 9.69 Å². The first-order valence-electron chi connectivity index (χ1n) is 7.10. The molecule has 1 aromatic carbocycles. The molecule has 1 saturated heterocycles. The molecular formula is C15H23N3O2. The van der Waals surface area contributed by atoms with E-state index in [1.807, 2.05) is 24.3 Å². The van der Waals surface area contributed by atoms with Gasteiger partial charge >= 0.3 is 0 Å². The Kier molecular flexibility index (Phi) is 5.52. The van der Waals surface area contributed by atoms with E-state index >= 15 is 0 Å². The minimum atomic E-state index is 0.117. The van der Waals surface area contributed by atoms with Gasteiger partial charge in [0.1, 0.15) is 0 Å². The molecule has 0 aliphatic carbocycles. The maximum absolute atomic E-state index is 11.7. The van der Waals surface area contributed by atoms with E-state index in [0.717, 1.165) is 44.0 Å². The third-order valence-corrected chi connectivity index (χ3v) is 3.68. The van der Waals surface area contributed by atoms with Gasteiger partial charge in [0.2, 0.25) is 0 Å². The minimum Gasteiger partial charge on any atom is -0.395 e. The monoisotopic (exact) mass is 277 g/mol. The topological polar surface area (TPSA) is 55.8 Å². The molecule has 1 aromatic rings. The third kappa shape index (κ3) is 3.79. The highest BCUT2D eigenvalue weighted by Gasteiger charge is 2.16. The van der Waals surface area contributed by atoms with Gasteiger partial charge in [-0.15, -0.1) is 0 Å². The van der Waals surface area contributed by atoms with Crippen molar-refractivity contribution in [3.8, 4) is 0 Å². The Balaban J connectivity index is 1.92. The van der Waals surface area contributed by atoms with Crippen LogP contribution in [0.25, 0.3) is 0 Å². The van der Waals surface area contributed by atoms with Crippen LogP contribution < -0.4 is 10.2 Å². The van der Waals surface area contributed by atoms with Gasteiger partial charge in [0.05, 0.1) is 13.2 Å². The number of piperazine rings is 1. The van der Waals surface area contributed by atoms with Gasteiger partial charge in [-0.2, -0.15) is 0 Å². The number of aliphatic hydroxyl groups excluding tert-OH is 1. The summed E-state index contributed by atoms with van der Waals surface area (Å²) in [6.07, 6.45) is 0. The molecule has 110 valence electrons. The number of anilines is 1. The van der Waals surface area contributed by atoms with Crippen molar-refractivity contribution >= 4 is 11.5 Å². The quantitative estimate of drug-likeness (QED) is 0.728. The van der Waals surface area contributed by atoms with E-state index in [9.17, 15) is 4.79 Å². The van der Waals surface area contributed by atoms with Gasteiger partial charge in [0, 0.05) is 44.0 Å². The van der Waals surface area contributed by atoms with Crippen molar-refractivity contribution in [2.75, 3.05) is 57.8 Å². The number of benzene rings is 1. The molecule has 2 N–H and O–H groups in total. The maximum atomic E-state index is 11.7. The van der Waals surface area contributed by atoms with Gasteiger partial charge < -0.3 is 15.3 Å². The number of nitrogens with zero attached hydrogens (tertiary/aromatic N) is 2. The predicted octanol–water partition coefficient (Wildman–Crippen LogP) is 0.203. The SMILES string of the molecule is CNCC(=O)c1ccc(N2CCN(CCO)CC2)cc1. The molecule has 1 fully saturated rings. The van der Waals surface area contributed by atoms with Crippen LogP contribution in [0.15, 0.2) is 24.3 Å². The molecule has 5 nitrogen and oxygen atoms in total. The molecule has 0 unspecified atom stereocenters. The van der Waals surface area contributed by atoms with Crippen molar-refractivity contribution in [3.05, 3.63) is 29.8 Å². The van der Waals surface area contributed by atoms with Crippen molar-refractivity contribution in [3.63, 3.8) is 0 Å². The van der Waals surface area contributed by atoms with Crippen molar-refractivity contribution in [2.45, 2.75) is 0 Å². The average molecular weight is 277 g/mol. The van der Waals surface area contributed by atoms with Crippen molar-refractivity contribution in [1.82, 2.24) is 10.2 Å². The van der Waals surface area contributed by atoms with Gasteiger partial charge in [0.15, 0.2) is 5.78 Å². The number of hydrogen-bond acceptors (Lipinski definition) is 5. The summed E-state index contributed by atoms with van der Waals surface area (Å²) in [5.41, 5.74) is 1.91. The zero-order valence-electron chi connectivity index (χ0n) is 12.0. The maximum Gasteiger partial charge on any atom is 0.176 e. The smallest absolute Gasteiger partial charge is 0.176 e. The highest BCUT2D eigenvalue weighted by molar-refractivity contribution is 5.97. The number of carbonyl (C=O) groups excluding carboxylic acids is 1. The molecule has 0 amide bonds. The molecule has 5 heteroatoms. The van der Waals surface area contributed by atoms with Crippen LogP contribution in [0.2, 0.25) is 0 Å². The molecule has 1 aliphatic rings. The summed E-state index contributed by atoms with van der Waals surface area (Å²) in [7, 11) is 1.78. The molecule has 0 spiro atoms. The zero-order valence-corrected chi connectivity index (χ0v) is 12.0. The largest absolute Gasteiger partial charge is 0.395 e. The fourth-order valence-corrected chi connectivity index (χ4v) is 2.49. The summed E-state index contributed by atoms with van der Waals surface area (Å²) in [5, 5.41) is 11.8. The van der Waals surface area contributed by atoms with Crippen LogP contribution in [0.3, 0.4) is 0 Å². The van der Waals surface area contributed by atoms with Crippen molar-refractivity contribution in [2.24, 2.45) is 0 Å². The van der Waals surface area contributed by atoms with E-state index in [-0.39, 0.29) is 12.4 Å². The summed E-state index contributed by atoms with van der Waals surface area (Å²) >= 11 is 0. The van der Waals surface area contributed by atoms with Crippen molar-refractivity contribution in [1.29, 1.82) is 0 Å². The standard InChI is InChI=1S/C15H23N3O2/c1-16-12-15(20)13-2-4-14(5-3-13)18-8-6-17(7-9-18)10-11-19/h2-5,16,19H,6-12H2,1H3. The molecule has 1 aliphatic heterocycles. The summed E-state index contributed by atoms with van der Waals surface area (Å²) in [6.45, 7) is 5.22. The van der Waals surface area contributed by atoms with Crippen LogP contribution in [0.1, 0.15) is 10.4 Å². The van der Waals surface area contributed by atoms with Gasteiger partial charge in [-0.1, -0.05) is 0 Å². The fraction of sp³-hybridized carbons (Fsp3) is 0.533. The van der Waals surface area contributed by atoms with Crippen LogP contribution in [0.4, 0.5) is 5.69 Å².